The molecule has 1 aromatic carbocycles. The van der Waals surface area contributed by atoms with Gasteiger partial charge < -0.3 is 19.7 Å². The summed E-state index contributed by atoms with van der Waals surface area (Å²) in [4.78, 5) is 11.1. The number of aliphatic hydroxyl groups is 1. The molecule has 0 aromatic heterocycles. The van der Waals surface area contributed by atoms with Crippen LogP contribution in [-0.2, 0) is 9.53 Å². The molecule has 16 heavy (non-hydrogen) atoms. The fourth-order valence-electron chi connectivity index (χ4n) is 1.17. The summed E-state index contributed by atoms with van der Waals surface area (Å²) in [6.45, 7) is 0. The van der Waals surface area contributed by atoms with Crippen molar-refractivity contribution in [2.24, 2.45) is 0 Å². The van der Waals surface area contributed by atoms with E-state index in [9.17, 15) is 15.0 Å². The van der Waals surface area contributed by atoms with E-state index >= 15 is 0 Å². The Morgan fingerprint density at radius 2 is 2.06 bits per heavy atom. The van der Waals surface area contributed by atoms with E-state index in [0.29, 0.717) is 0 Å². The van der Waals surface area contributed by atoms with E-state index in [1.807, 2.05) is 0 Å². The van der Waals surface area contributed by atoms with Gasteiger partial charge in [-0.1, -0.05) is 11.6 Å². The number of methoxy groups -OCH3 is 2. The van der Waals surface area contributed by atoms with Crippen LogP contribution < -0.4 is 4.74 Å². The molecule has 1 unspecified atom stereocenters. The molecular weight excluding hydrogens is 236 g/mol. The minimum atomic E-state index is -1.58. The van der Waals surface area contributed by atoms with E-state index in [2.05, 4.69) is 4.74 Å². The van der Waals surface area contributed by atoms with E-state index in [1.165, 1.54) is 19.2 Å². The summed E-state index contributed by atoms with van der Waals surface area (Å²) in [5.41, 5.74) is -0.0300. The highest BCUT2D eigenvalue weighted by molar-refractivity contribution is 6.32. The monoisotopic (exact) mass is 246 g/mol. The van der Waals surface area contributed by atoms with Crippen LogP contribution in [0.15, 0.2) is 12.1 Å². The lowest BCUT2D eigenvalue weighted by Crippen LogP contribution is -2.13. The quantitative estimate of drug-likeness (QED) is 0.786. The molecule has 0 aliphatic carbocycles. The van der Waals surface area contributed by atoms with Gasteiger partial charge >= 0.3 is 5.97 Å². The first-order valence-electron chi connectivity index (χ1n) is 4.33. The fraction of sp³-hybridized carbons (Fsp3) is 0.300. The first-order chi connectivity index (χ1) is 7.51. The number of benzene rings is 1. The smallest absolute Gasteiger partial charge is 0.339 e. The van der Waals surface area contributed by atoms with E-state index < -0.39 is 12.1 Å². The van der Waals surface area contributed by atoms with Crippen molar-refractivity contribution in [1.29, 1.82) is 0 Å². The zero-order valence-electron chi connectivity index (χ0n) is 8.73. The molecule has 1 rings (SSSR count). The second kappa shape index (κ2) is 5.05. The molecule has 0 heterocycles. The fourth-order valence-corrected chi connectivity index (χ4v) is 1.42. The average Bonchev–Trinajstić information content (AvgIpc) is 2.29. The molecule has 1 aromatic rings. The number of rotatable bonds is 3. The van der Waals surface area contributed by atoms with Crippen LogP contribution in [0, 0.1) is 0 Å². The Bertz CT molecular complexity index is 404. The van der Waals surface area contributed by atoms with Gasteiger partial charge in [0.1, 0.15) is 11.5 Å². The van der Waals surface area contributed by atoms with Crippen LogP contribution in [0.1, 0.15) is 11.7 Å². The van der Waals surface area contributed by atoms with Gasteiger partial charge in [0.15, 0.2) is 6.10 Å². The second-order valence-electron chi connectivity index (χ2n) is 2.97. The summed E-state index contributed by atoms with van der Waals surface area (Å²) < 4.78 is 9.20. The summed E-state index contributed by atoms with van der Waals surface area (Å²) in [7, 11) is 2.52. The Morgan fingerprint density at radius 3 is 2.56 bits per heavy atom. The molecule has 6 heteroatoms. The van der Waals surface area contributed by atoms with E-state index in [-0.39, 0.29) is 22.1 Å². The first kappa shape index (κ1) is 12.6. The van der Waals surface area contributed by atoms with Crippen LogP contribution in [0.3, 0.4) is 0 Å². The Labute approximate surface area is 97.2 Å². The maximum absolute atomic E-state index is 11.1. The molecule has 5 nitrogen and oxygen atoms in total. The molecule has 0 spiro atoms. The SMILES string of the molecule is COC(=O)C(O)c1cc(Cl)c(OC)cc1O. The molecule has 0 fully saturated rings. The lowest BCUT2D eigenvalue weighted by Gasteiger charge is -2.12. The molecule has 0 aliphatic rings. The normalized spacial score (nSPS) is 12.0. The minimum Gasteiger partial charge on any atom is -0.507 e. The average molecular weight is 247 g/mol. The predicted molar refractivity (Wildman–Crippen MR) is 56.6 cm³/mol. The number of ether oxygens (including phenoxy) is 2. The minimum absolute atomic E-state index is 0.0300. The molecular formula is C10H11ClO5. The van der Waals surface area contributed by atoms with E-state index in [1.54, 1.807) is 0 Å². The van der Waals surface area contributed by atoms with Crippen molar-refractivity contribution in [3.8, 4) is 11.5 Å². The third kappa shape index (κ3) is 2.37. The summed E-state index contributed by atoms with van der Waals surface area (Å²) in [6, 6.07) is 2.46. The number of hydrogen-bond donors (Lipinski definition) is 2. The van der Waals surface area contributed by atoms with Crippen LogP contribution >= 0.6 is 11.6 Å². The highest BCUT2D eigenvalue weighted by Crippen LogP contribution is 2.35. The molecule has 0 saturated heterocycles. The van der Waals surface area contributed by atoms with Gasteiger partial charge in [0.2, 0.25) is 0 Å². The molecule has 2 N–H and O–H groups in total. The number of hydrogen-bond acceptors (Lipinski definition) is 5. The number of phenols is 1. The Hall–Kier alpha value is -1.46. The number of carbonyl (C=O) groups is 1. The van der Waals surface area contributed by atoms with Gasteiger partial charge in [-0.3, -0.25) is 0 Å². The Kier molecular flexibility index (Phi) is 3.98. The molecule has 0 aliphatic heterocycles. The Balaban J connectivity index is 3.15. The standard InChI is InChI=1S/C10H11ClO5/c1-15-8-4-7(12)5(3-6(8)11)9(13)10(14)16-2/h3-4,9,12-13H,1-2H3. The van der Waals surface area contributed by atoms with E-state index in [0.717, 1.165) is 7.11 Å². The number of aromatic hydroxyl groups is 1. The first-order valence-corrected chi connectivity index (χ1v) is 4.71. The van der Waals surface area contributed by atoms with Crippen LogP contribution in [0.5, 0.6) is 11.5 Å². The molecule has 0 bridgehead atoms. The van der Waals surface area contributed by atoms with Crippen molar-refractivity contribution < 1.29 is 24.5 Å². The molecule has 88 valence electrons. The topological polar surface area (TPSA) is 76.0 Å². The zero-order chi connectivity index (χ0) is 12.3. The second-order valence-corrected chi connectivity index (χ2v) is 3.38. The van der Waals surface area contributed by atoms with Gasteiger partial charge in [-0.25, -0.2) is 4.79 Å². The van der Waals surface area contributed by atoms with Crippen molar-refractivity contribution in [2.45, 2.75) is 6.10 Å². The Morgan fingerprint density at radius 1 is 1.44 bits per heavy atom. The van der Waals surface area contributed by atoms with Gasteiger partial charge in [0.25, 0.3) is 0 Å². The summed E-state index contributed by atoms with van der Waals surface area (Å²) in [5.74, 6) is -0.921. The number of aliphatic hydroxyl groups excluding tert-OH is 1. The molecule has 0 radical (unpaired) electrons. The summed E-state index contributed by atoms with van der Waals surface area (Å²) in [6.07, 6.45) is -1.58. The largest absolute Gasteiger partial charge is 0.507 e. The van der Waals surface area contributed by atoms with Gasteiger partial charge in [-0.05, 0) is 6.07 Å². The zero-order valence-corrected chi connectivity index (χ0v) is 9.49. The van der Waals surface area contributed by atoms with Crippen LogP contribution in [0.25, 0.3) is 0 Å². The molecule has 1 atom stereocenters. The van der Waals surface area contributed by atoms with Crippen LogP contribution in [-0.4, -0.2) is 30.4 Å². The third-order valence-corrected chi connectivity index (χ3v) is 2.32. The lowest BCUT2D eigenvalue weighted by atomic mass is 10.1. The molecule has 0 amide bonds. The van der Waals surface area contributed by atoms with Gasteiger partial charge in [0, 0.05) is 11.6 Å². The highest BCUT2D eigenvalue weighted by atomic mass is 35.5. The van der Waals surface area contributed by atoms with Crippen LogP contribution in [0.2, 0.25) is 5.02 Å². The maximum atomic E-state index is 11.1. The molecule has 0 saturated carbocycles. The summed E-state index contributed by atoms with van der Waals surface area (Å²) >= 11 is 5.79. The third-order valence-electron chi connectivity index (χ3n) is 2.02. The predicted octanol–water partition coefficient (Wildman–Crippen LogP) is 1.26. The van der Waals surface area contributed by atoms with Crippen molar-refractivity contribution in [3.05, 3.63) is 22.7 Å². The van der Waals surface area contributed by atoms with Crippen molar-refractivity contribution in [2.75, 3.05) is 14.2 Å². The summed E-state index contributed by atoms with van der Waals surface area (Å²) in [5, 5.41) is 19.3. The lowest BCUT2D eigenvalue weighted by molar-refractivity contribution is -0.150. The number of carbonyl (C=O) groups excluding carboxylic acids is 1. The van der Waals surface area contributed by atoms with Crippen molar-refractivity contribution >= 4 is 17.6 Å². The van der Waals surface area contributed by atoms with Crippen molar-refractivity contribution in [1.82, 2.24) is 0 Å². The highest BCUT2D eigenvalue weighted by Gasteiger charge is 2.23. The maximum Gasteiger partial charge on any atom is 0.339 e. The van der Waals surface area contributed by atoms with Crippen LogP contribution in [0.4, 0.5) is 0 Å². The van der Waals surface area contributed by atoms with Gasteiger partial charge in [0.05, 0.1) is 19.2 Å². The van der Waals surface area contributed by atoms with Gasteiger partial charge in [-0.2, -0.15) is 0 Å². The number of phenolic OH excluding ortho intramolecular Hbond substituents is 1. The number of esters is 1. The van der Waals surface area contributed by atoms with E-state index in [4.69, 9.17) is 16.3 Å². The van der Waals surface area contributed by atoms with Gasteiger partial charge in [-0.15, -0.1) is 0 Å². The number of halogens is 1. The van der Waals surface area contributed by atoms with Crippen molar-refractivity contribution in [3.63, 3.8) is 0 Å².